The fraction of sp³-hybridized carbons (Fsp3) is 1.00. The van der Waals surface area contributed by atoms with Gasteiger partial charge in [0.1, 0.15) is 0 Å². The Bertz CT molecular complexity index is 156. The van der Waals surface area contributed by atoms with E-state index in [0.29, 0.717) is 4.75 Å². The molecule has 2 heteroatoms. The molecule has 0 atom stereocenters. The Hall–Kier alpha value is 0.310. The zero-order valence-electron chi connectivity index (χ0n) is 10.6. The summed E-state index contributed by atoms with van der Waals surface area (Å²) in [5.41, 5.74) is 0. The second-order valence-corrected chi connectivity index (χ2v) is 7.53. The number of hydrogen-bond donors (Lipinski definition) is 1. The molecule has 0 saturated heterocycles. The van der Waals surface area contributed by atoms with Crippen LogP contribution in [0.4, 0.5) is 0 Å². The van der Waals surface area contributed by atoms with E-state index in [2.05, 4.69) is 37.8 Å². The van der Waals surface area contributed by atoms with Crippen molar-refractivity contribution in [3.8, 4) is 0 Å². The summed E-state index contributed by atoms with van der Waals surface area (Å²) in [5.74, 6) is 1.29. The van der Waals surface area contributed by atoms with E-state index in [1.54, 1.807) is 0 Å². The van der Waals surface area contributed by atoms with E-state index in [-0.39, 0.29) is 0 Å². The molecule has 0 heterocycles. The van der Waals surface area contributed by atoms with E-state index in [1.165, 1.54) is 50.8 Å². The summed E-state index contributed by atoms with van der Waals surface area (Å²) in [5, 5.41) is 3.69. The normalized spacial score (nSPS) is 19.4. The minimum absolute atomic E-state index is 0.435. The summed E-state index contributed by atoms with van der Waals surface area (Å²) in [4.78, 5) is 0. The lowest BCUT2D eigenvalue weighted by Gasteiger charge is -2.23. The second kappa shape index (κ2) is 6.80. The standard InChI is InChI=1S/C13H27NS/c1-13(2,3)15-11-7-10-14-12-8-5-4-6-9-12/h12,14H,4-11H2,1-3H3. The third-order valence-electron chi connectivity index (χ3n) is 2.89. The summed E-state index contributed by atoms with van der Waals surface area (Å²) in [7, 11) is 0. The molecule has 1 rings (SSSR count). The first-order valence-corrected chi connectivity index (χ1v) is 7.44. The topological polar surface area (TPSA) is 12.0 Å². The highest BCUT2D eigenvalue weighted by molar-refractivity contribution is 8.00. The van der Waals surface area contributed by atoms with Gasteiger partial charge in [0.25, 0.3) is 0 Å². The first-order chi connectivity index (χ1) is 7.08. The second-order valence-electron chi connectivity index (χ2n) is 5.60. The van der Waals surface area contributed by atoms with Gasteiger partial charge in [-0.15, -0.1) is 0 Å². The maximum absolute atomic E-state index is 3.69. The van der Waals surface area contributed by atoms with Gasteiger partial charge in [0.2, 0.25) is 0 Å². The van der Waals surface area contributed by atoms with E-state index in [4.69, 9.17) is 0 Å². The number of rotatable bonds is 5. The molecule has 1 N–H and O–H groups in total. The average Bonchev–Trinajstić information content (AvgIpc) is 2.17. The van der Waals surface area contributed by atoms with Crippen LogP contribution >= 0.6 is 11.8 Å². The highest BCUT2D eigenvalue weighted by Crippen LogP contribution is 2.23. The molecule has 90 valence electrons. The molecule has 1 fully saturated rings. The van der Waals surface area contributed by atoms with Crippen LogP contribution in [0.2, 0.25) is 0 Å². The Morgan fingerprint density at radius 3 is 2.40 bits per heavy atom. The summed E-state index contributed by atoms with van der Waals surface area (Å²) in [6, 6.07) is 0.832. The number of thioether (sulfide) groups is 1. The Balaban J connectivity index is 1.92. The number of nitrogens with one attached hydrogen (secondary N) is 1. The molecular formula is C13H27NS. The third kappa shape index (κ3) is 7.24. The van der Waals surface area contributed by atoms with Crippen molar-refractivity contribution in [1.82, 2.24) is 5.32 Å². The summed E-state index contributed by atoms with van der Waals surface area (Å²) in [6.45, 7) is 8.11. The van der Waals surface area contributed by atoms with Crippen molar-refractivity contribution in [3.63, 3.8) is 0 Å². The molecule has 1 nitrogen and oxygen atoms in total. The first kappa shape index (κ1) is 13.4. The van der Waals surface area contributed by atoms with Gasteiger partial charge in [-0.25, -0.2) is 0 Å². The molecule has 1 saturated carbocycles. The van der Waals surface area contributed by atoms with E-state index in [0.717, 1.165) is 6.04 Å². The molecule has 15 heavy (non-hydrogen) atoms. The smallest absolute Gasteiger partial charge is 0.00751 e. The Morgan fingerprint density at radius 1 is 1.13 bits per heavy atom. The lowest BCUT2D eigenvalue weighted by Crippen LogP contribution is -2.32. The summed E-state index contributed by atoms with van der Waals surface area (Å²) in [6.07, 6.45) is 8.47. The molecule has 0 bridgehead atoms. The molecular weight excluding hydrogens is 202 g/mol. The molecule has 1 aliphatic carbocycles. The zero-order chi connectivity index (χ0) is 11.1. The van der Waals surface area contributed by atoms with Gasteiger partial charge in [-0.3, -0.25) is 0 Å². The van der Waals surface area contributed by atoms with Crippen molar-refractivity contribution < 1.29 is 0 Å². The lowest BCUT2D eigenvalue weighted by atomic mass is 9.95. The van der Waals surface area contributed by atoms with Crippen LogP contribution in [0.1, 0.15) is 59.3 Å². The fourth-order valence-corrected chi connectivity index (χ4v) is 2.96. The van der Waals surface area contributed by atoms with Crippen LogP contribution in [-0.4, -0.2) is 23.1 Å². The van der Waals surface area contributed by atoms with Crippen LogP contribution in [0.25, 0.3) is 0 Å². The Labute approximate surface area is 99.8 Å². The quantitative estimate of drug-likeness (QED) is 0.719. The van der Waals surface area contributed by atoms with Gasteiger partial charge in [-0.05, 0) is 31.6 Å². The van der Waals surface area contributed by atoms with Crippen molar-refractivity contribution in [1.29, 1.82) is 0 Å². The van der Waals surface area contributed by atoms with E-state index >= 15 is 0 Å². The minimum atomic E-state index is 0.435. The van der Waals surface area contributed by atoms with E-state index in [9.17, 15) is 0 Å². The first-order valence-electron chi connectivity index (χ1n) is 6.45. The van der Waals surface area contributed by atoms with Gasteiger partial charge in [-0.2, -0.15) is 11.8 Å². The Morgan fingerprint density at radius 2 is 1.80 bits per heavy atom. The molecule has 0 unspecified atom stereocenters. The third-order valence-corrected chi connectivity index (χ3v) is 4.25. The maximum atomic E-state index is 3.69. The predicted molar refractivity (Wildman–Crippen MR) is 71.7 cm³/mol. The lowest BCUT2D eigenvalue weighted by molar-refractivity contribution is 0.374. The van der Waals surface area contributed by atoms with Crippen molar-refractivity contribution in [2.45, 2.75) is 70.1 Å². The number of hydrogen-bond acceptors (Lipinski definition) is 2. The molecule has 0 spiro atoms. The predicted octanol–water partition coefficient (Wildman–Crippen LogP) is 3.83. The largest absolute Gasteiger partial charge is 0.314 e. The van der Waals surface area contributed by atoms with Crippen molar-refractivity contribution in [2.75, 3.05) is 12.3 Å². The molecule has 0 aromatic carbocycles. The molecule has 1 aliphatic rings. The van der Waals surface area contributed by atoms with Crippen LogP contribution in [0.3, 0.4) is 0 Å². The molecule has 0 aromatic rings. The molecule has 0 aliphatic heterocycles. The fourth-order valence-electron chi connectivity index (χ4n) is 2.06. The van der Waals surface area contributed by atoms with Crippen LogP contribution in [0.5, 0.6) is 0 Å². The van der Waals surface area contributed by atoms with Crippen molar-refractivity contribution in [2.24, 2.45) is 0 Å². The zero-order valence-corrected chi connectivity index (χ0v) is 11.5. The minimum Gasteiger partial charge on any atom is -0.314 e. The van der Waals surface area contributed by atoms with Crippen LogP contribution < -0.4 is 5.32 Å². The van der Waals surface area contributed by atoms with Crippen LogP contribution in [-0.2, 0) is 0 Å². The average molecular weight is 229 g/mol. The monoisotopic (exact) mass is 229 g/mol. The van der Waals surface area contributed by atoms with Gasteiger partial charge < -0.3 is 5.32 Å². The van der Waals surface area contributed by atoms with Crippen LogP contribution in [0, 0.1) is 0 Å². The van der Waals surface area contributed by atoms with E-state index in [1.807, 2.05) is 0 Å². The van der Waals surface area contributed by atoms with Gasteiger partial charge in [0, 0.05) is 10.8 Å². The van der Waals surface area contributed by atoms with Crippen molar-refractivity contribution in [3.05, 3.63) is 0 Å². The van der Waals surface area contributed by atoms with Gasteiger partial charge in [0.05, 0.1) is 0 Å². The van der Waals surface area contributed by atoms with E-state index < -0.39 is 0 Å². The van der Waals surface area contributed by atoms with Gasteiger partial charge in [-0.1, -0.05) is 40.0 Å². The Kier molecular flexibility index (Phi) is 6.06. The van der Waals surface area contributed by atoms with Crippen molar-refractivity contribution >= 4 is 11.8 Å². The highest BCUT2D eigenvalue weighted by Gasteiger charge is 2.12. The SMILES string of the molecule is CC(C)(C)SCCCNC1CCCCC1. The molecule has 0 radical (unpaired) electrons. The summed E-state index contributed by atoms with van der Waals surface area (Å²) >= 11 is 2.08. The molecule has 0 amide bonds. The summed E-state index contributed by atoms with van der Waals surface area (Å²) < 4.78 is 0.435. The maximum Gasteiger partial charge on any atom is 0.00751 e. The molecule has 0 aromatic heterocycles. The van der Waals surface area contributed by atoms with Gasteiger partial charge in [0.15, 0.2) is 0 Å². The van der Waals surface area contributed by atoms with Gasteiger partial charge >= 0.3 is 0 Å². The van der Waals surface area contributed by atoms with Crippen LogP contribution in [0.15, 0.2) is 0 Å². The highest BCUT2D eigenvalue weighted by atomic mass is 32.2.